The minimum Gasteiger partial charge on any atom is -0.493 e. The Morgan fingerprint density at radius 3 is 2.28 bits per heavy atom. The van der Waals surface area contributed by atoms with Crippen LogP contribution in [-0.2, 0) is 14.3 Å². The first kappa shape index (κ1) is 29.5. The van der Waals surface area contributed by atoms with E-state index < -0.39 is 6.10 Å². The summed E-state index contributed by atoms with van der Waals surface area (Å²) >= 11 is 11.9. The van der Waals surface area contributed by atoms with Gasteiger partial charge >= 0.3 is 5.97 Å². The second-order valence-electron chi connectivity index (χ2n) is 8.79. The van der Waals surface area contributed by atoms with Crippen LogP contribution in [0.5, 0.6) is 11.5 Å². The normalized spacial score (nSPS) is 12.3. The fourth-order valence-electron chi connectivity index (χ4n) is 3.63. The van der Waals surface area contributed by atoms with Gasteiger partial charge in [-0.1, -0.05) is 29.3 Å². The standard InChI is InChI=1S/C27H34Cl2N2O5/c1-17(2)31(18(3)4)15-22(36-19(5)32)16-35-26-14-21(9-11-25(26)34-6)30-27(33)12-8-20-7-10-23(28)24(29)13-20/h7-14,17-18,22H,15-16H2,1-6H3,(H,30,33). The molecule has 7 nitrogen and oxygen atoms in total. The van der Waals surface area contributed by atoms with Gasteiger partial charge in [0, 0.05) is 43.4 Å². The Kier molecular flexibility index (Phi) is 11.6. The molecule has 1 N–H and O–H groups in total. The van der Waals surface area contributed by atoms with Gasteiger partial charge in [-0.3, -0.25) is 14.5 Å². The maximum absolute atomic E-state index is 12.4. The second kappa shape index (κ2) is 14.1. The molecule has 1 amide bonds. The fourth-order valence-corrected chi connectivity index (χ4v) is 3.94. The Balaban J connectivity index is 2.11. The summed E-state index contributed by atoms with van der Waals surface area (Å²) in [5.74, 6) is 0.198. The van der Waals surface area contributed by atoms with Crippen LogP contribution in [0.15, 0.2) is 42.5 Å². The van der Waals surface area contributed by atoms with Crippen LogP contribution in [0.1, 0.15) is 40.2 Å². The summed E-state index contributed by atoms with van der Waals surface area (Å²) in [6, 6.07) is 10.7. The number of nitrogens with zero attached hydrogens (tertiary/aromatic N) is 1. The van der Waals surface area contributed by atoms with Crippen molar-refractivity contribution in [3.8, 4) is 11.5 Å². The van der Waals surface area contributed by atoms with Crippen LogP contribution in [0.2, 0.25) is 10.0 Å². The van der Waals surface area contributed by atoms with Gasteiger partial charge in [-0.05, 0) is 63.6 Å². The quantitative estimate of drug-likeness (QED) is 0.261. The van der Waals surface area contributed by atoms with Crippen LogP contribution >= 0.6 is 23.2 Å². The second-order valence-corrected chi connectivity index (χ2v) is 9.60. The van der Waals surface area contributed by atoms with Crippen LogP contribution in [0.4, 0.5) is 5.69 Å². The van der Waals surface area contributed by atoms with Crippen molar-refractivity contribution >= 4 is 46.8 Å². The van der Waals surface area contributed by atoms with Crippen LogP contribution in [0, 0.1) is 0 Å². The van der Waals surface area contributed by atoms with E-state index in [1.807, 2.05) is 0 Å². The minimum absolute atomic E-state index is 0.126. The summed E-state index contributed by atoms with van der Waals surface area (Å²) in [6.45, 7) is 10.4. The number of carbonyl (C=O) groups is 2. The number of ether oxygens (including phenoxy) is 3. The first-order chi connectivity index (χ1) is 17.0. The predicted octanol–water partition coefficient (Wildman–Crippen LogP) is 6.08. The third-order valence-corrected chi connectivity index (χ3v) is 6.04. The predicted molar refractivity (Wildman–Crippen MR) is 145 cm³/mol. The number of anilines is 1. The number of carbonyl (C=O) groups excluding carboxylic acids is 2. The van der Waals surface area contributed by atoms with Gasteiger partial charge in [0.15, 0.2) is 11.5 Å². The number of methoxy groups -OCH3 is 1. The monoisotopic (exact) mass is 536 g/mol. The largest absolute Gasteiger partial charge is 0.493 e. The molecule has 2 aromatic carbocycles. The average molecular weight is 537 g/mol. The van der Waals surface area contributed by atoms with E-state index in [1.54, 1.807) is 42.5 Å². The third kappa shape index (κ3) is 9.37. The number of amides is 1. The lowest BCUT2D eigenvalue weighted by molar-refractivity contribution is -0.149. The number of hydrogen-bond acceptors (Lipinski definition) is 6. The summed E-state index contributed by atoms with van der Waals surface area (Å²) in [5, 5.41) is 3.65. The van der Waals surface area contributed by atoms with Gasteiger partial charge in [0.1, 0.15) is 12.7 Å². The maximum atomic E-state index is 12.4. The van der Waals surface area contributed by atoms with Crippen molar-refractivity contribution in [2.45, 2.75) is 52.8 Å². The molecule has 0 bridgehead atoms. The molecule has 0 aliphatic heterocycles. The van der Waals surface area contributed by atoms with E-state index in [0.29, 0.717) is 33.8 Å². The Bertz CT molecular complexity index is 1060. The molecule has 0 saturated heterocycles. The van der Waals surface area contributed by atoms with E-state index in [0.717, 1.165) is 5.56 Å². The Morgan fingerprint density at radius 2 is 1.69 bits per heavy atom. The maximum Gasteiger partial charge on any atom is 0.303 e. The Morgan fingerprint density at radius 1 is 1.00 bits per heavy atom. The smallest absolute Gasteiger partial charge is 0.303 e. The lowest BCUT2D eigenvalue weighted by atomic mass is 10.2. The zero-order valence-electron chi connectivity index (χ0n) is 21.5. The van der Waals surface area contributed by atoms with Gasteiger partial charge in [0.25, 0.3) is 0 Å². The van der Waals surface area contributed by atoms with Crippen molar-refractivity contribution < 1.29 is 23.8 Å². The number of halogens is 2. The van der Waals surface area contributed by atoms with Gasteiger partial charge in [0.05, 0.1) is 17.2 Å². The molecule has 0 aliphatic carbocycles. The number of esters is 1. The SMILES string of the molecule is COc1ccc(NC(=O)C=Cc2ccc(Cl)c(Cl)c2)cc1OCC(CN(C(C)C)C(C)C)OC(C)=O. The molecule has 0 heterocycles. The summed E-state index contributed by atoms with van der Waals surface area (Å²) in [4.78, 5) is 26.4. The van der Waals surface area contributed by atoms with Gasteiger partial charge in [-0.15, -0.1) is 0 Å². The topological polar surface area (TPSA) is 77.1 Å². The molecule has 0 aliphatic rings. The highest BCUT2D eigenvalue weighted by molar-refractivity contribution is 6.42. The highest BCUT2D eigenvalue weighted by Crippen LogP contribution is 2.31. The minimum atomic E-state index is -0.482. The van der Waals surface area contributed by atoms with Crippen molar-refractivity contribution in [1.29, 1.82) is 0 Å². The Hall–Kier alpha value is -2.74. The van der Waals surface area contributed by atoms with Crippen molar-refractivity contribution in [1.82, 2.24) is 4.90 Å². The van der Waals surface area contributed by atoms with E-state index in [4.69, 9.17) is 37.4 Å². The summed E-state index contributed by atoms with van der Waals surface area (Å²) in [7, 11) is 1.53. The lowest BCUT2D eigenvalue weighted by Crippen LogP contribution is -2.45. The molecule has 196 valence electrons. The van der Waals surface area contributed by atoms with E-state index in [9.17, 15) is 9.59 Å². The van der Waals surface area contributed by atoms with E-state index >= 15 is 0 Å². The molecular weight excluding hydrogens is 503 g/mol. The lowest BCUT2D eigenvalue weighted by Gasteiger charge is -2.33. The molecule has 0 fully saturated rings. The summed E-state index contributed by atoms with van der Waals surface area (Å²) in [6.07, 6.45) is 2.55. The average Bonchev–Trinajstić information content (AvgIpc) is 2.80. The molecular formula is C27H34Cl2N2O5. The van der Waals surface area contributed by atoms with Crippen molar-refractivity contribution in [2.75, 3.05) is 25.6 Å². The number of benzene rings is 2. The highest BCUT2D eigenvalue weighted by atomic mass is 35.5. The molecule has 1 unspecified atom stereocenters. The van der Waals surface area contributed by atoms with E-state index in [2.05, 4.69) is 37.9 Å². The van der Waals surface area contributed by atoms with Gasteiger partial charge in [-0.25, -0.2) is 0 Å². The van der Waals surface area contributed by atoms with Crippen LogP contribution in [0.3, 0.4) is 0 Å². The fraction of sp³-hybridized carbons (Fsp3) is 0.407. The summed E-state index contributed by atoms with van der Waals surface area (Å²) < 4.78 is 16.9. The third-order valence-electron chi connectivity index (χ3n) is 5.30. The van der Waals surface area contributed by atoms with Gasteiger partial charge < -0.3 is 19.5 Å². The van der Waals surface area contributed by atoms with Crippen LogP contribution in [-0.4, -0.2) is 55.2 Å². The highest BCUT2D eigenvalue weighted by Gasteiger charge is 2.22. The molecule has 2 aromatic rings. The summed E-state index contributed by atoms with van der Waals surface area (Å²) in [5.41, 5.74) is 1.26. The number of nitrogens with one attached hydrogen (secondary N) is 1. The molecule has 2 rings (SSSR count). The molecule has 0 saturated carbocycles. The zero-order valence-corrected chi connectivity index (χ0v) is 23.0. The molecule has 0 spiro atoms. The van der Waals surface area contributed by atoms with Crippen LogP contribution in [0.25, 0.3) is 6.08 Å². The Labute approximate surface area is 223 Å². The molecule has 0 aromatic heterocycles. The van der Waals surface area contributed by atoms with Gasteiger partial charge in [0.2, 0.25) is 5.91 Å². The molecule has 36 heavy (non-hydrogen) atoms. The van der Waals surface area contributed by atoms with Crippen LogP contribution < -0.4 is 14.8 Å². The van der Waals surface area contributed by atoms with E-state index in [-0.39, 0.29) is 30.6 Å². The van der Waals surface area contributed by atoms with Crippen molar-refractivity contribution in [3.63, 3.8) is 0 Å². The first-order valence-electron chi connectivity index (χ1n) is 11.7. The van der Waals surface area contributed by atoms with E-state index in [1.165, 1.54) is 20.1 Å². The first-order valence-corrected chi connectivity index (χ1v) is 12.4. The van der Waals surface area contributed by atoms with Crippen molar-refractivity contribution in [3.05, 3.63) is 58.1 Å². The molecule has 0 radical (unpaired) electrons. The van der Waals surface area contributed by atoms with Gasteiger partial charge in [-0.2, -0.15) is 0 Å². The van der Waals surface area contributed by atoms with Crippen molar-refractivity contribution in [2.24, 2.45) is 0 Å². The zero-order chi connectivity index (χ0) is 26.8. The number of rotatable bonds is 12. The molecule has 1 atom stereocenters. The molecule has 9 heteroatoms. The number of hydrogen-bond donors (Lipinski definition) is 1.